The van der Waals surface area contributed by atoms with Gasteiger partial charge in [0.1, 0.15) is 5.01 Å². The first kappa shape index (κ1) is 14.0. The van der Waals surface area contributed by atoms with Gasteiger partial charge in [0.25, 0.3) is 0 Å². The van der Waals surface area contributed by atoms with Gasteiger partial charge in [0, 0.05) is 4.88 Å². The predicted molar refractivity (Wildman–Crippen MR) is 79.2 cm³/mol. The van der Waals surface area contributed by atoms with Crippen molar-refractivity contribution in [3.05, 3.63) is 15.6 Å². The average Bonchev–Trinajstić information content (AvgIpc) is 2.64. The Balaban J connectivity index is 2.30. The molecule has 0 spiro atoms. The molecule has 0 amide bonds. The number of thiazole rings is 1. The lowest BCUT2D eigenvalue weighted by Crippen LogP contribution is -2.39. The summed E-state index contributed by atoms with van der Waals surface area (Å²) in [4.78, 5) is 6.32. The van der Waals surface area contributed by atoms with Crippen molar-refractivity contribution in [2.45, 2.75) is 64.8 Å². The average molecular weight is 266 g/mol. The first-order valence-corrected chi connectivity index (χ1v) is 8.08. The van der Waals surface area contributed by atoms with Crippen LogP contribution in [0.25, 0.3) is 0 Å². The minimum absolute atomic E-state index is 0.146. The molecule has 1 aliphatic carbocycles. The van der Waals surface area contributed by atoms with E-state index in [1.165, 1.54) is 47.7 Å². The zero-order chi connectivity index (χ0) is 13.2. The summed E-state index contributed by atoms with van der Waals surface area (Å²) in [5.74, 6) is 0.868. The lowest BCUT2D eigenvalue weighted by molar-refractivity contribution is 0.308. The Bertz CT molecular complexity index is 399. The Kier molecular flexibility index (Phi) is 4.44. The molecule has 1 aromatic rings. The third-order valence-corrected chi connectivity index (χ3v) is 5.70. The summed E-state index contributed by atoms with van der Waals surface area (Å²) in [5, 5.41) is 4.93. The summed E-state index contributed by atoms with van der Waals surface area (Å²) in [6.45, 7) is 6.80. The molecule has 2 rings (SSSR count). The van der Waals surface area contributed by atoms with Gasteiger partial charge in [0.2, 0.25) is 0 Å². The zero-order valence-electron chi connectivity index (χ0n) is 12.2. The van der Waals surface area contributed by atoms with E-state index >= 15 is 0 Å². The van der Waals surface area contributed by atoms with Crippen LogP contribution in [0.3, 0.4) is 0 Å². The number of hydrogen-bond donors (Lipinski definition) is 1. The number of rotatable bonds is 3. The first-order chi connectivity index (χ1) is 8.61. The lowest BCUT2D eigenvalue weighted by Gasteiger charge is -2.30. The van der Waals surface area contributed by atoms with Gasteiger partial charge in [-0.15, -0.1) is 11.3 Å². The highest BCUT2D eigenvalue weighted by Crippen LogP contribution is 2.39. The summed E-state index contributed by atoms with van der Waals surface area (Å²) in [7, 11) is 2.11. The number of nitrogens with one attached hydrogen (secondary N) is 1. The molecular formula is C15H26N2S. The molecule has 1 saturated carbocycles. The maximum absolute atomic E-state index is 4.92. The van der Waals surface area contributed by atoms with Crippen molar-refractivity contribution in [2.24, 2.45) is 5.92 Å². The monoisotopic (exact) mass is 266 g/mol. The number of hydrogen-bond acceptors (Lipinski definition) is 3. The molecule has 0 bridgehead atoms. The number of nitrogens with zero attached hydrogens (tertiary/aromatic N) is 1. The van der Waals surface area contributed by atoms with Crippen LogP contribution in [0.4, 0.5) is 0 Å². The van der Waals surface area contributed by atoms with E-state index in [0.29, 0.717) is 0 Å². The third kappa shape index (κ3) is 2.62. The fraction of sp³-hybridized carbons (Fsp3) is 0.800. The van der Waals surface area contributed by atoms with Crippen LogP contribution in [-0.4, -0.2) is 12.0 Å². The molecule has 3 heteroatoms. The second-order valence-corrected chi connectivity index (χ2v) is 6.95. The molecule has 1 aromatic heterocycles. The lowest BCUT2D eigenvalue weighted by atomic mass is 9.90. The Morgan fingerprint density at radius 2 is 2.17 bits per heavy atom. The second-order valence-electron chi connectivity index (χ2n) is 5.74. The molecule has 2 unspecified atom stereocenters. The van der Waals surface area contributed by atoms with Crippen molar-refractivity contribution in [1.82, 2.24) is 10.3 Å². The number of aryl methyl sites for hydroxylation is 2. The van der Waals surface area contributed by atoms with E-state index < -0.39 is 0 Å². The van der Waals surface area contributed by atoms with Crippen molar-refractivity contribution in [3.63, 3.8) is 0 Å². The summed E-state index contributed by atoms with van der Waals surface area (Å²) >= 11 is 1.91. The Hall–Kier alpha value is -0.410. The Morgan fingerprint density at radius 1 is 1.39 bits per heavy atom. The van der Waals surface area contributed by atoms with Crippen LogP contribution in [0, 0.1) is 12.8 Å². The van der Waals surface area contributed by atoms with Gasteiger partial charge in [-0.3, -0.25) is 0 Å². The minimum Gasteiger partial charge on any atom is -0.308 e. The van der Waals surface area contributed by atoms with Crippen LogP contribution >= 0.6 is 11.3 Å². The molecule has 2 atom stereocenters. The van der Waals surface area contributed by atoms with E-state index in [9.17, 15) is 0 Å². The molecule has 2 nitrogen and oxygen atoms in total. The largest absolute Gasteiger partial charge is 0.308 e. The predicted octanol–water partition coefficient (Wildman–Crippen LogP) is 4.03. The van der Waals surface area contributed by atoms with Gasteiger partial charge in [-0.05, 0) is 45.6 Å². The molecule has 0 aliphatic heterocycles. The smallest absolute Gasteiger partial charge is 0.113 e. The normalized spacial score (nSPS) is 29.2. The fourth-order valence-electron chi connectivity index (χ4n) is 3.05. The molecule has 1 N–H and O–H groups in total. The molecular weight excluding hydrogens is 240 g/mol. The summed E-state index contributed by atoms with van der Waals surface area (Å²) in [5.41, 5.74) is 1.44. The molecule has 1 fully saturated rings. The quantitative estimate of drug-likeness (QED) is 0.836. The highest BCUT2D eigenvalue weighted by Gasteiger charge is 2.35. The zero-order valence-corrected chi connectivity index (χ0v) is 13.0. The summed E-state index contributed by atoms with van der Waals surface area (Å²) in [6, 6.07) is 0. The van der Waals surface area contributed by atoms with E-state index in [2.05, 4.69) is 33.1 Å². The van der Waals surface area contributed by atoms with Gasteiger partial charge in [-0.1, -0.05) is 26.7 Å². The Labute approximate surface area is 115 Å². The van der Waals surface area contributed by atoms with Crippen molar-refractivity contribution in [3.8, 4) is 0 Å². The number of aromatic nitrogens is 1. The standard InChI is InChI=1S/C15H26N2S/c1-5-13-12(3)18-14(17-13)15(16-4)9-6-7-11(2)8-10-15/h11,16H,5-10H2,1-4H3. The third-order valence-electron chi connectivity index (χ3n) is 4.48. The molecule has 0 radical (unpaired) electrons. The van der Waals surface area contributed by atoms with Gasteiger partial charge < -0.3 is 5.32 Å². The highest BCUT2D eigenvalue weighted by molar-refractivity contribution is 7.11. The second kappa shape index (κ2) is 5.70. The van der Waals surface area contributed by atoms with Gasteiger partial charge in [-0.2, -0.15) is 0 Å². The SMILES string of the molecule is CCc1nc(C2(NC)CCCC(C)CC2)sc1C. The van der Waals surface area contributed by atoms with Crippen molar-refractivity contribution < 1.29 is 0 Å². The van der Waals surface area contributed by atoms with E-state index in [0.717, 1.165) is 12.3 Å². The van der Waals surface area contributed by atoms with Crippen LogP contribution in [-0.2, 0) is 12.0 Å². The van der Waals surface area contributed by atoms with Gasteiger partial charge in [0.05, 0.1) is 11.2 Å². The van der Waals surface area contributed by atoms with E-state index in [4.69, 9.17) is 4.98 Å². The van der Waals surface area contributed by atoms with E-state index in [1.807, 2.05) is 11.3 Å². The van der Waals surface area contributed by atoms with Crippen molar-refractivity contribution >= 4 is 11.3 Å². The molecule has 18 heavy (non-hydrogen) atoms. The van der Waals surface area contributed by atoms with E-state index in [-0.39, 0.29) is 5.54 Å². The highest BCUT2D eigenvalue weighted by atomic mass is 32.1. The molecule has 1 aliphatic rings. The van der Waals surface area contributed by atoms with Crippen LogP contribution < -0.4 is 5.32 Å². The van der Waals surface area contributed by atoms with Gasteiger partial charge in [0.15, 0.2) is 0 Å². The van der Waals surface area contributed by atoms with Crippen LogP contribution in [0.2, 0.25) is 0 Å². The van der Waals surface area contributed by atoms with Crippen molar-refractivity contribution in [1.29, 1.82) is 0 Å². The summed E-state index contributed by atoms with van der Waals surface area (Å²) < 4.78 is 0. The summed E-state index contributed by atoms with van der Waals surface area (Å²) in [6.07, 6.45) is 7.54. The Morgan fingerprint density at radius 3 is 2.78 bits per heavy atom. The maximum Gasteiger partial charge on any atom is 0.113 e. The molecule has 1 heterocycles. The molecule has 102 valence electrons. The van der Waals surface area contributed by atoms with Crippen LogP contribution in [0.1, 0.15) is 61.5 Å². The van der Waals surface area contributed by atoms with Crippen LogP contribution in [0.5, 0.6) is 0 Å². The first-order valence-electron chi connectivity index (χ1n) is 7.27. The van der Waals surface area contributed by atoms with Gasteiger partial charge in [-0.25, -0.2) is 4.98 Å². The fourth-order valence-corrected chi connectivity index (χ4v) is 4.30. The molecule has 0 aromatic carbocycles. The minimum atomic E-state index is 0.146. The van der Waals surface area contributed by atoms with Crippen LogP contribution in [0.15, 0.2) is 0 Å². The topological polar surface area (TPSA) is 24.9 Å². The van der Waals surface area contributed by atoms with Gasteiger partial charge >= 0.3 is 0 Å². The van der Waals surface area contributed by atoms with Crippen molar-refractivity contribution in [2.75, 3.05) is 7.05 Å². The maximum atomic E-state index is 4.92. The molecule has 0 saturated heterocycles. The van der Waals surface area contributed by atoms with E-state index in [1.54, 1.807) is 0 Å².